The first-order chi connectivity index (χ1) is 12.2. The van der Waals surface area contributed by atoms with E-state index >= 15 is 0 Å². The Hall–Kier alpha value is -3.08. The van der Waals surface area contributed by atoms with Crippen LogP contribution in [0.5, 0.6) is 5.75 Å². The quantitative estimate of drug-likeness (QED) is 0.690. The van der Waals surface area contributed by atoms with Crippen LogP contribution in [0.3, 0.4) is 0 Å². The van der Waals surface area contributed by atoms with Crippen LogP contribution in [-0.2, 0) is 0 Å². The Labute approximate surface area is 147 Å². The number of aromatic nitrogens is 2. The molecule has 0 atom stereocenters. The Morgan fingerprint density at radius 3 is 2.68 bits per heavy atom. The summed E-state index contributed by atoms with van der Waals surface area (Å²) in [5.74, 6) is 1.16. The minimum Gasteiger partial charge on any atom is -0.493 e. The SMILES string of the molecule is CCCOc1ccccc1C=Nn1c(-c2ccc(C)cc2)cnc1N. The summed E-state index contributed by atoms with van der Waals surface area (Å²) in [6.07, 6.45) is 4.44. The minimum atomic E-state index is 0.346. The van der Waals surface area contributed by atoms with Crippen molar-refractivity contribution in [2.75, 3.05) is 12.3 Å². The summed E-state index contributed by atoms with van der Waals surface area (Å²) in [4.78, 5) is 4.20. The third-order valence-electron chi connectivity index (χ3n) is 3.80. The van der Waals surface area contributed by atoms with E-state index in [1.807, 2.05) is 36.4 Å². The van der Waals surface area contributed by atoms with Gasteiger partial charge in [0.1, 0.15) is 5.75 Å². The topological polar surface area (TPSA) is 65.4 Å². The van der Waals surface area contributed by atoms with Crippen molar-refractivity contribution in [3.8, 4) is 17.0 Å². The van der Waals surface area contributed by atoms with Gasteiger partial charge in [-0.2, -0.15) is 9.78 Å². The highest BCUT2D eigenvalue weighted by molar-refractivity contribution is 5.83. The molecular formula is C20H22N4O. The first-order valence-electron chi connectivity index (χ1n) is 8.35. The fourth-order valence-corrected chi connectivity index (χ4v) is 2.45. The molecule has 0 saturated heterocycles. The van der Waals surface area contributed by atoms with Crippen LogP contribution in [0.1, 0.15) is 24.5 Å². The van der Waals surface area contributed by atoms with Crippen LogP contribution in [0.4, 0.5) is 5.95 Å². The van der Waals surface area contributed by atoms with Gasteiger partial charge in [-0.15, -0.1) is 0 Å². The van der Waals surface area contributed by atoms with Crippen LogP contribution in [-0.4, -0.2) is 22.5 Å². The number of nitrogen functional groups attached to an aromatic ring is 1. The van der Waals surface area contributed by atoms with E-state index in [0.717, 1.165) is 29.0 Å². The zero-order valence-electron chi connectivity index (χ0n) is 14.5. The summed E-state index contributed by atoms with van der Waals surface area (Å²) in [6, 6.07) is 16.0. The fraction of sp³-hybridized carbons (Fsp3) is 0.200. The molecular weight excluding hydrogens is 312 g/mol. The van der Waals surface area contributed by atoms with Gasteiger partial charge in [-0.1, -0.05) is 48.9 Å². The minimum absolute atomic E-state index is 0.346. The number of nitrogens with two attached hydrogens (primary N) is 1. The molecule has 0 bridgehead atoms. The van der Waals surface area contributed by atoms with Gasteiger partial charge >= 0.3 is 0 Å². The molecule has 2 aromatic carbocycles. The molecule has 0 saturated carbocycles. The molecule has 5 nitrogen and oxygen atoms in total. The molecule has 128 valence electrons. The predicted molar refractivity (Wildman–Crippen MR) is 102 cm³/mol. The van der Waals surface area contributed by atoms with Crippen LogP contribution < -0.4 is 10.5 Å². The maximum atomic E-state index is 6.00. The highest BCUT2D eigenvalue weighted by Crippen LogP contribution is 2.23. The lowest BCUT2D eigenvalue weighted by Gasteiger charge is -2.08. The van der Waals surface area contributed by atoms with Crippen LogP contribution >= 0.6 is 0 Å². The molecule has 3 aromatic rings. The molecule has 0 radical (unpaired) electrons. The molecule has 2 N–H and O–H groups in total. The van der Waals surface area contributed by atoms with E-state index in [-0.39, 0.29) is 0 Å². The smallest absolute Gasteiger partial charge is 0.221 e. The van der Waals surface area contributed by atoms with Gasteiger partial charge in [-0.3, -0.25) is 0 Å². The lowest BCUT2D eigenvalue weighted by atomic mass is 10.1. The van der Waals surface area contributed by atoms with Gasteiger partial charge in [0.25, 0.3) is 0 Å². The summed E-state index contributed by atoms with van der Waals surface area (Å²) in [5.41, 5.74) is 9.97. The van der Waals surface area contributed by atoms with Crippen LogP contribution in [0.15, 0.2) is 59.8 Å². The van der Waals surface area contributed by atoms with Crippen LogP contribution in [0, 0.1) is 6.92 Å². The van der Waals surface area contributed by atoms with Crippen LogP contribution in [0.2, 0.25) is 0 Å². The number of nitrogens with zero attached hydrogens (tertiary/aromatic N) is 3. The number of ether oxygens (including phenoxy) is 1. The van der Waals surface area contributed by atoms with Gasteiger partial charge in [-0.05, 0) is 25.5 Å². The highest BCUT2D eigenvalue weighted by atomic mass is 16.5. The average molecular weight is 334 g/mol. The van der Waals surface area contributed by atoms with E-state index in [1.165, 1.54) is 5.56 Å². The fourth-order valence-electron chi connectivity index (χ4n) is 2.45. The molecule has 1 heterocycles. The van der Waals surface area contributed by atoms with Crippen LogP contribution in [0.25, 0.3) is 11.3 Å². The van der Waals surface area contributed by atoms with Gasteiger partial charge in [-0.25, -0.2) is 4.98 Å². The molecule has 0 amide bonds. The molecule has 0 aliphatic rings. The second-order valence-corrected chi connectivity index (χ2v) is 5.81. The molecule has 25 heavy (non-hydrogen) atoms. The number of benzene rings is 2. The molecule has 0 unspecified atom stereocenters. The van der Waals surface area contributed by atoms with E-state index < -0.39 is 0 Å². The first kappa shape index (κ1) is 16.8. The first-order valence-corrected chi connectivity index (χ1v) is 8.35. The van der Waals surface area contributed by atoms with E-state index in [1.54, 1.807) is 17.1 Å². The third kappa shape index (κ3) is 3.88. The number of anilines is 1. The number of hydrogen-bond donors (Lipinski definition) is 1. The largest absolute Gasteiger partial charge is 0.493 e. The second-order valence-electron chi connectivity index (χ2n) is 5.81. The average Bonchev–Trinajstić information content (AvgIpc) is 3.00. The standard InChI is InChI=1S/C20H22N4O/c1-3-12-25-19-7-5-4-6-17(19)13-23-24-18(14-22-20(24)21)16-10-8-15(2)9-11-16/h4-11,13-14H,3,12H2,1-2H3,(H2,21,22). The number of hydrogen-bond acceptors (Lipinski definition) is 4. The van der Waals surface area contributed by atoms with Crippen molar-refractivity contribution in [1.29, 1.82) is 0 Å². The number of rotatable bonds is 6. The molecule has 1 aromatic heterocycles. The second kappa shape index (κ2) is 7.66. The zero-order chi connectivity index (χ0) is 17.6. The maximum absolute atomic E-state index is 6.00. The summed E-state index contributed by atoms with van der Waals surface area (Å²) in [6.45, 7) is 4.81. The predicted octanol–water partition coefficient (Wildman–Crippen LogP) is 4.11. The lowest BCUT2D eigenvalue weighted by molar-refractivity contribution is 0.317. The van der Waals surface area contributed by atoms with E-state index in [0.29, 0.717) is 12.6 Å². The zero-order valence-corrected chi connectivity index (χ0v) is 14.5. The van der Waals surface area contributed by atoms with Crippen molar-refractivity contribution in [3.05, 3.63) is 65.9 Å². The Morgan fingerprint density at radius 1 is 1.16 bits per heavy atom. The van der Waals surface area contributed by atoms with Gasteiger partial charge < -0.3 is 10.5 Å². The van der Waals surface area contributed by atoms with E-state index in [4.69, 9.17) is 10.5 Å². The monoisotopic (exact) mass is 334 g/mol. The normalized spacial score (nSPS) is 11.1. The molecule has 3 rings (SSSR count). The molecule has 0 spiro atoms. The van der Waals surface area contributed by atoms with Crippen molar-refractivity contribution >= 4 is 12.2 Å². The lowest BCUT2D eigenvalue weighted by Crippen LogP contribution is -2.02. The summed E-state index contributed by atoms with van der Waals surface area (Å²) >= 11 is 0. The highest BCUT2D eigenvalue weighted by Gasteiger charge is 2.09. The van der Waals surface area contributed by atoms with E-state index in [9.17, 15) is 0 Å². The number of para-hydroxylation sites is 1. The molecule has 0 aliphatic carbocycles. The van der Waals surface area contributed by atoms with Crippen molar-refractivity contribution in [1.82, 2.24) is 9.66 Å². The van der Waals surface area contributed by atoms with Gasteiger partial charge in [0.2, 0.25) is 5.95 Å². The van der Waals surface area contributed by atoms with Gasteiger partial charge in [0.15, 0.2) is 0 Å². The Bertz CT molecular complexity index is 866. The third-order valence-corrected chi connectivity index (χ3v) is 3.80. The van der Waals surface area contributed by atoms with Crippen molar-refractivity contribution in [2.45, 2.75) is 20.3 Å². The van der Waals surface area contributed by atoms with Crippen molar-refractivity contribution in [3.63, 3.8) is 0 Å². The molecule has 0 aliphatic heterocycles. The Balaban J connectivity index is 1.92. The summed E-state index contributed by atoms with van der Waals surface area (Å²) in [7, 11) is 0. The van der Waals surface area contributed by atoms with Gasteiger partial charge in [0, 0.05) is 11.1 Å². The van der Waals surface area contributed by atoms with E-state index in [2.05, 4.69) is 36.1 Å². The molecule has 5 heteroatoms. The van der Waals surface area contributed by atoms with Crippen molar-refractivity contribution < 1.29 is 4.74 Å². The Kier molecular flexibility index (Phi) is 5.14. The number of aryl methyl sites for hydroxylation is 1. The summed E-state index contributed by atoms with van der Waals surface area (Å²) in [5, 5.41) is 4.53. The maximum Gasteiger partial charge on any atom is 0.221 e. The van der Waals surface area contributed by atoms with Gasteiger partial charge in [0.05, 0.1) is 24.7 Å². The summed E-state index contributed by atoms with van der Waals surface area (Å²) < 4.78 is 7.41. The Morgan fingerprint density at radius 2 is 1.92 bits per heavy atom. The molecule has 0 fully saturated rings. The number of imidazole rings is 1. The van der Waals surface area contributed by atoms with Crippen molar-refractivity contribution in [2.24, 2.45) is 5.10 Å².